The topological polar surface area (TPSA) is 158 Å². The van der Waals surface area contributed by atoms with Crippen molar-refractivity contribution in [2.24, 2.45) is 0 Å². The highest BCUT2D eigenvalue weighted by Crippen LogP contribution is 2.38. The molecule has 0 radical (unpaired) electrons. The van der Waals surface area contributed by atoms with Crippen molar-refractivity contribution in [1.29, 1.82) is 0 Å². The van der Waals surface area contributed by atoms with Crippen LogP contribution in [0.25, 0.3) is 0 Å². The third kappa shape index (κ3) is 6.06. The molecule has 5 rings (SSSR count). The predicted octanol–water partition coefficient (Wildman–Crippen LogP) is -1.78. The van der Waals surface area contributed by atoms with Gasteiger partial charge in [-0.05, 0) is 6.92 Å². The summed E-state index contributed by atoms with van der Waals surface area (Å²) in [6.45, 7) is 8.91. The van der Waals surface area contributed by atoms with Gasteiger partial charge in [0.15, 0.2) is 0 Å². The lowest BCUT2D eigenvalue weighted by molar-refractivity contribution is -0.0451. The largest absolute Gasteiger partial charge is 0.469 e. The second-order valence-corrected chi connectivity index (χ2v) is 8.62. The van der Waals surface area contributed by atoms with Crippen LogP contribution in [-0.4, -0.2) is 92.3 Å². The molecule has 4 saturated heterocycles. The number of H-pyrrole nitrogens is 1. The van der Waals surface area contributed by atoms with Crippen molar-refractivity contribution in [2.75, 3.05) is 45.9 Å². The number of ether oxygens (including phenoxy) is 1. The van der Waals surface area contributed by atoms with Crippen LogP contribution in [0.4, 0.5) is 0 Å². The normalized spacial score (nSPS) is 31.4. The number of phosphoric ester groups is 1. The van der Waals surface area contributed by atoms with Gasteiger partial charge in [-0.15, -0.1) is 0 Å². The fourth-order valence-electron chi connectivity index (χ4n) is 3.53. The molecule has 0 saturated carbocycles. The second kappa shape index (κ2) is 9.19. The van der Waals surface area contributed by atoms with E-state index >= 15 is 0 Å². The summed E-state index contributed by atoms with van der Waals surface area (Å²) in [6, 6.07) is 0. The number of aromatic amines is 1. The number of hydrogen-bond donors (Lipinski definition) is 4. The van der Waals surface area contributed by atoms with Crippen LogP contribution in [0.5, 0.6) is 0 Å². The smallest absolute Gasteiger partial charge is 0.390 e. The van der Waals surface area contributed by atoms with Crippen LogP contribution in [0, 0.1) is 6.92 Å². The lowest BCUT2D eigenvalue weighted by Crippen LogP contribution is -2.55. The Bertz CT molecular complexity index is 836. The van der Waals surface area contributed by atoms with E-state index < -0.39 is 44.1 Å². The molecule has 2 bridgehead atoms. The first-order chi connectivity index (χ1) is 13.6. The zero-order valence-electron chi connectivity index (χ0n) is 16.1. The summed E-state index contributed by atoms with van der Waals surface area (Å²) in [5.41, 5.74) is -0.918. The maximum Gasteiger partial charge on any atom is 0.469 e. The van der Waals surface area contributed by atoms with E-state index in [-0.39, 0.29) is 6.42 Å². The summed E-state index contributed by atoms with van der Waals surface area (Å²) in [5, 5.41) is 9.79. The van der Waals surface area contributed by atoms with Crippen molar-refractivity contribution in [1.82, 2.24) is 19.4 Å². The molecular weight excluding hydrogens is 407 g/mol. The van der Waals surface area contributed by atoms with Crippen molar-refractivity contribution in [3.63, 3.8) is 0 Å². The third-order valence-corrected chi connectivity index (χ3v) is 5.75. The number of aliphatic hydroxyl groups excluding tert-OH is 1. The Morgan fingerprint density at radius 3 is 2.21 bits per heavy atom. The van der Waals surface area contributed by atoms with Crippen LogP contribution in [-0.2, 0) is 13.8 Å². The van der Waals surface area contributed by atoms with E-state index in [9.17, 15) is 19.3 Å². The maximum atomic E-state index is 11.7. The van der Waals surface area contributed by atoms with E-state index in [1.54, 1.807) is 0 Å². The monoisotopic (exact) mass is 434 g/mol. The molecule has 3 atom stereocenters. The average molecular weight is 434 g/mol. The number of nitrogens with zero attached hydrogens (tertiary/aromatic N) is 3. The summed E-state index contributed by atoms with van der Waals surface area (Å²) in [5.74, 6) is 0. The molecule has 12 nitrogen and oxygen atoms in total. The minimum absolute atomic E-state index is 0.0283. The Labute approximate surface area is 166 Å². The lowest BCUT2D eigenvalue weighted by atomic mass is 10.2. The summed E-state index contributed by atoms with van der Waals surface area (Å²) in [7, 11) is -4.67. The van der Waals surface area contributed by atoms with E-state index in [0.29, 0.717) is 5.56 Å². The molecule has 4 aliphatic heterocycles. The quantitative estimate of drug-likeness (QED) is 0.399. The number of aromatic nitrogens is 2. The molecule has 0 spiro atoms. The highest BCUT2D eigenvalue weighted by atomic mass is 31.2. The van der Waals surface area contributed by atoms with Crippen molar-refractivity contribution in [3.05, 3.63) is 32.6 Å². The molecule has 13 heteroatoms. The van der Waals surface area contributed by atoms with E-state index in [1.807, 2.05) is 0 Å². The first-order valence-corrected chi connectivity index (χ1v) is 11.0. The summed E-state index contributed by atoms with van der Waals surface area (Å²) >= 11 is 0. The average Bonchev–Trinajstić information content (AvgIpc) is 3.05. The molecule has 5 heterocycles. The number of rotatable bonds is 4. The number of fused-ring (bicyclic) bond motifs is 3. The van der Waals surface area contributed by atoms with E-state index in [2.05, 4.69) is 19.3 Å². The third-order valence-electron chi connectivity index (χ3n) is 5.26. The molecular formula is C16H27N4O8P. The number of aliphatic hydroxyl groups is 1. The Hall–Kier alpha value is -1.37. The summed E-state index contributed by atoms with van der Waals surface area (Å²) in [6.07, 6.45) is -1.57. The Morgan fingerprint density at radius 1 is 1.17 bits per heavy atom. The van der Waals surface area contributed by atoms with E-state index in [0.717, 1.165) is 4.57 Å². The summed E-state index contributed by atoms with van der Waals surface area (Å²) in [4.78, 5) is 47.4. The van der Waals surface area contributed by atoms with Crippen molar-refractivity contribution in [2.45, 2.75) is 31.8 Å². The van der Waals surface area contributed by atoms with Crippen LogP contribution in [0.1, 0.15) is 18.2 Å². The van der Waals surface area contributed by atoms with Crippen LogP contribution >= 0.6 is 7.82 Å². The number of piperazine rings is 3. The number of nitrogens with one attached hydrogen (secondary N) is 1. The Kier molecular flexibility index (Phi) is 7.07. The Morgan fingerprint density at radius 2 is 1.72 bits per heavy atom. The van der Waals surface area contributed by atoms with Gasteiger partial charge in [0.2, 0.25) is 0 Å². The van der Waals surface area contributed by atoms with Crippen molar-refractivity contribution >= 4 is 7.82 Å². The molecule has 4 fully saturated rings. The van der Waals surface area contributed by atoms with Crippen LogP contribution in [0.3, 0.4) is 0 Å². The van der Waals surface area contributed by atoms with Gasteiger partial charge >= 0.3 is 13.5 Å². The molecule has 0 aromatic carbocycles. The van der Waals surface area contributed by atoms with Gasteiger partial charge < -0.3 is 19.6 Å². The van der Waals surface area contributed by atoms with Crippen LogP contribution < -0.4 is 11.2 Å². The minimum Gasteiger partial charge on any atom is -0.390 e. The lowest BCUT2D eigenvalue weighted by Gasteiger charge is -2.41. The number of phosphoric acid groups is 1. The maximum absolute atomic E-state index is 11.7. The van der Waals surface area contributed by atoms with Crippen molar-refractivity contribution < 1.29 is 28.7 Å². The molecule has 0 unspecified atom stereocenters. The first-order valence-electron chi connectivity index (χ1n) is 9.43. The van der Waals surface area contributed by atoms with Gasteiger partial charge in [-0.25, -0.2) is 9.36 Å². The van der Waals surface area contributed by atoms with Crippen LogP contribution in [0.2, 0.25) is 0 Å². The van der Waals surface area contributed by atoms with Crippen molar-refractivity contribution in [3.8, 4) is 0 Å². The molecule has 29 heavy (non-hydrogen) atoms. The zero-order valence-corrected chi connectivity index (χ0v) is 17.0. The summed E-state index contributed by atoms with van der Waals surface area (Å²) < 4.78 is 21.4. The van der Waals surface area contributed by atoms with Gasteiger partial charge in [-0.1, -0.05) is 0 Å². The van der Waals surface area contributed by atoms with Gasteiger partial charge in [-0.3, -0.25) is 28.7 Å². The molecule has 1 aromatic rings. The fraction of sp³-hybridized carbons (Fsp3) is 0.750. The van der Waals surface area contributed by atoms with Gasteiger partial charge in [0.05, 0.1) is 12.7 Å². The van der Waals surface area contributed by atoms with E-state index in [1.165, 1.54) is 52.4 Å². The fourth-order valence-corrected chi connectivity index (χ4v) is 3.87. The highest BCUT2D eigenvalue weighted by molar-refractivity contribution is 7.46. The minimum atomic E-state index is -4.67. The molecule has 164 valence electrons. The highest BCUT2D eigenvalue weighted by Gasteiger charge is 2.37. The predicted molar refractivity (Wildman–Crippen MR) is 101 cm³/mol. The van der Waals surface area contributed by atoms with Gasteiger partial charge in [0.1, 0.15) is 12.3 Å². The second-order valence-electron chi connectivity index (χ2n) is 7.38. The molecule has 0 amide bonds. The molecule has 1 aromatic heterocycles. The SMILES string of the molecule is C1CN2CCN1CC2.Cc1cn([C@H]2C[C@H](O)[C@@H](COP(=O)(O)O)O2)c(=O)[nH]c1=O. The molecule has 4 N–H and O–H groups in total. The molecule has 4 aliphatic rings. The van der Waals surface area contributed by atoms with E-state index in [4.69, 9.17) is 14.5 Å². The number of hydrogen-bond acceptors (Lipinski definition) is 8. The van der Waals surface area contributed by atoms with Gasteiger partial charge in [-0.2, -0.15) is 0 Å². The standard InChI is InChI=1S/C10H15N2O8P.C6H12N2/c1-5-3-12(10(15)11-9(5)14)8-2-6(13)7(20-8)4-19-21(16,17)18;1-2-8-5-3-7(1)4-6-8/h3,6-8,13H,2,4H2,1H3,(H,11,14,15)(H2,16,17,18);1-6H2/t6-,7+,8+;/m0./s1. The Balaban J connectivity index is 0.000000246. The first kappa shape index (κ1) is 22.3. The van der Waals surface area contributed by atoms with Gasteiger partial charge in [0, 0.05) is 57.4 Å². The van der Waals surface area contributed by atoms with Crippen LogP contribution in [0.15, 0.2) is 15.8 Å². The molecule has 0 aliphatic carbocycles. The van der Waals surface area contributed by atoms with Gasteiger partial charge in [0.25, 0.3) is 5.56 Å². The zero-order chi connectivity index (χ0) is 21.2. The number of aryl methyl sites for hydroxylation is 1.